The van der Waals surface area contributed by atoms with Crippen LogP contribution in [0.2, 0.25) is 0 Å². The van der Waals surface area contributed by atoms with Gasteiger partial charge in [-0.1, -0.05) is 25.1 Å². The lowest BCUT2D eigenvalue weighted by molar-refractivity contribution is -0.140. The third-order valence-electron chi connectivity index (χ3n) is 2.86. The Hall–Kier alpha value is -1.42. The van der Waals surface area contributed by atoms with Crippen LogP contribution in [0.4, 0.5) is 4.39 Å². The number of halogens is 1. The molecule has 0 aliphatic rings. The lowest BCUT2D eigenvalue weighted by atomic mass is 10.0. The van der Waals surface area contributed by atoms with Gasteiger partial charge in [-0.2, -0.15) is 0 Å². The number of carbonyl (C=O) groups excluding carboxylic acids is 1. The molecule has 1 N–H and O–H groups in total. The van der Waals surface area contributed by atoms with Gasteiger partial charge in [-0.15, -0.1) is 0 Å². The van der Waals surface area contributed by atoms with Crippen molar-refractivity contribution in [1.29, 1.82) is 0 Å². The maximum Gasteiger partial charge on any atom is 0.305 e. The van der Waals surface area contributed by atoms with Gasteiger partial charge in [0.25, 0.3) is 0 Å². The van der Waals surface area contributed by atoms with Crippen LogP contribution in [0.3, 0.4) is 0 Å². The van der Waals surface area contributed by atoms with E-state index in [1.807, 2.05) is 13.0 Å². The van der Waals surface area contributed by atoms with Crippen LogP contribution in [0.1, 0.15) is 37.8 Å². The number of hydrogen-bond acceptors (Lipinski definition) is 3. The molecular weight excluding hydrogens is 233 g/mol. The Morgan fingerprint density at radius 3 is 2.78 bits per heavy atom. The van der Waals surface area contributed by atoms with E-state index in [2.05, 4.69) is 10.1 Å². The van der Waals surface area contributed by atoms with Crippen LogP contribution in [-0.2, 0) is 9.53 Å². The second-order valence-corrected chi connectivity index (χ2v) is 4.12. The maximum atomic E-state index is 13.6. The molecular formula is C14H20FNO2. The Labute approximate surface area is 107 Å². The van der Waals surface area contributed by atoms with Crippen molar-refractivity contribution in [2.75, 3.05) is 13.7 Å². The fourth-order valence-electron chi connectivity index (χ4n) is 1.84. The maximum absolute atomic E-state index is 13.6. The number of rotatable bonds is 7. The van der Waals surface area contributed by atoms with E-state index in [0.29, 0.717) is 24.9 Å². The highest BCUT2D eigenvalue weighted by molar-refractivity contribution is 5.69. The van der Waals surface area contributed by atoms with Gasteiger partial charge in [0.05, 0.1) is 7.11 Å². The van der Waals surface area contributed by atoms with Crippen LogP contribution < -0.4 is 5.32 Å². The van der Waals surface area contributed by atoms with Gasteiger partial charge < -0.3 is 10.1 Å². The minimum Gasteiger partial charge on any atom is -0.469 e. The molecule has 0 saturated carbocycles. The van der Waals surface area contributed by atoms with E-state index in [1.165, 1.54) is 13.2 Å². The van der Waals surface area contributed by atoms with Crippen molar-refractivity contribution < 1.29 is 13.9 Å². The van der Waals surface area contributed by atoms with Crippen LogP contribution in [0, 0.1) is 5.82 Å². The van der Waals surface area contributed by atoms with E-state index in [-0.39, 0.29) is 17.8 Å². The monoisotopic (exact) mass is 253 g/mol. The van der Waals surface area contributed by atoms with Crippen LogP contribution in [-0.4, -0.2) is 19.6 Å². The molecule has 1 aromatic carbocycles. The van der Waals surface area contributed by atoms with Gasteiger partial charge in [0.15, 0.2) is 0 Å². The molecule has 1 atom stereocenters. The van der Waals surface area contributed by atoms with E-state index in [9.17, 15) is 9.18 Å². The Bertz CT molecular complexity index is 382. The van der Waals surface area contributed by atoms with Crippen molar-refractivity contribution in [2.45, 2.75) is 32.2 Å². The van der Waals surface area contributed by atoms with Crippen molar-refractivity contribution in [1.82, 2.24) is 5.32 Å². The molecule has 0 saturated heterocycles. The van der Waals surface area contributed by atoms with Crippen molar-refractivity contribution in [3.05, 3.63) is 35.6 Å². The average Bonchev–Trinajstić information content (AvgIpc) is 2.40. The summed E-state index contributed by atoms with van der Waals surface area (Å²) < 4.78 is 18.2. The van der Waals surface area contributed by atoms with Gasteiger partial charge in [0.2, 0.25) is 0 Å². The normalized spacial score (nSPS) is 12.2. The molecule has 1 aromatic rings. The van der Waals surface area contributed by atoms with Crippen LogP contribution in [0.15, 0.2) is 24.3 Å². The summed E-state index contributed by atoms with van der Waals surface area (Å²) in [4.78, 5) is 10.9. The van der Waals surface area contributed by atoms with E-state index >= 15 is 0 Å². The van der Waals surface area contributed by atoms with Crippen molar-refractivity contribution >= 4 is 5.97 Å². The molecule has 0 bridgehead atoms. The first-order valence-corrected chi connectivity index (χ1v) is 6.23. The number of ether oxygens (including phenoxy) is 1. The quantitative estimate of drug-likeness (QED) is 0.600. The first-order chi connectivity index (χ1) is 8.69. The molecule has 0 radical (unpaired) electrons. The fourth-order valence-corrected chi connectivity index (χ4v) is 1.84. The topological polar surface area (TPSA) is 38.3 Å². The third-order valence-corrected chi connectivity index (χ3v) is 2.86. The number of hydrogen-bond donors (Lipinski definition) is 1. The molecule has 0 aliphatic carbocycles. The molecule has 0 aliphatic heterocycles. The molecule has 0 heterocycles. The highest BCUT2D eigenvalue weighted by Crippen LogP contribution is 2.19. The van der Waals surface area contributed by atoms with Gasteiger partial charge in [-0.05, 0) is 25.5 Å². The minimum atomic E-state index is -0.212. The second-order valence-electron chi connectivity index (χ2n) is 4.12. The highest BCUT2D eigenvalue weighted by atomic mass is 19.1. The summed E-state index contributed by atoms with van der Waals surface area (Å²) in [5.74, 6) is -0.402. The molecule has 0 fully saturated rings. The number of nitrogens with one attached hydrogen (secondary N) is 1. The fraction of sp³-hybridized carbons (Fsp3) is 0.500. The first-order valence-electron chi connectivity index (χ1n) is 6.23. The van der Waals surface area contributed by atoms with Gasteiger partial charge in [0.1, 0.15) is 5.82 Å². The Morgan fingerprint density at radius 2 is 2.17 bits per heavy atom. The lowest BCUT2D eigenvalue weighted by Crippen LogP contribution is -2.23. The highest BCUT2D eigenvalue weighted by Gasteiger charge is 2.12. The van der Waals surface area contributed by atoms with Crippen molar-refractivity contribution in [3.63, 3.8) is 0 Å². The summed E-state index contributed by atoms with van der Waals surface area (Å²) in [7, 11) is 1.38. The summed E-state index contributed by atoms with van der Waals surface area (Å²) in [5.41, 5.74) is 0.679. The average molecular weight is 253 g/mol. The smallest absolute Gasteiger partial charge is 0.305 e. The van der Waals surface area contributed by atoms with Crippen LogP contribution in [0.5, 0.6) is 0 Å². The molecule has 1 rings (SSSR count). The number of esters is 1. The third kappa shape index (κ3) is 4.45. The molecule has 0 amide bonds. The standard InChI is InChI=1S/C14H20FNO2/c1-3-13(11-7-4-5-8-12(11)15)16-10-6-9-14(17)18-2/h4-5,7-8,13,16H,3,6,9-10H2,1-2H3. The zero-order valence-electron chi connectivity index (χ0n) is 10.9. The predicted molar refractivity (Wildman–Crippen MR) is 68.7 cm³/mol. The van der Waals surface area contributed by atoms with E-state index < -0.39 is 0 Å². The molecule has 18 heavy (non-hydrogen) atoms. The zero-order valence-corrected chi connectivity index (χ0v) is 10.9. The molecule has 0 spiro atoms. The lowest BCUT2D eigenvalue weighted by Gasteiger charge is -2.17. The molecule has 100 valence electrons. The number of benzene rings is 1. The van der Waals surface area contributed by atoms with Gasteiger partial charge in [-0.3, -0.25) is 4.79 Å². The summed E-state index contributed by atoms with van der Waals surface area (Å²) in [5, 5.41) is 3.26. The Morgan fingerprint density at radius 1 is 1.44 bits per heavy atom. The Kier molecular flexibility index (Phi) is 6.36. The summed E-state index contributed by atoms with van der Waals surface area (Å²) >= 11 is 0. The van der Waals surface area contributed by atoms with E-state index in [1.54, 1.807) is 12.1 Å². The zero-order chi connectivity index (χ0) is 13.4. The second kappa shape index (κ2) is 7.82. The minimum absolute atomic E-state index is 0.0103. The summed E-state index contributed by atoms with van der Waals surface area (Å²) in [6.07, 6.45) is 1.88. The SMILES string of the molecule is CCC(NCCCC(=O)OC)c1ccccc1F. The molecule has 4 heteroatoms. The Balaban J connectivity index is 2.43. The molecule has 1 unspecified atom stereocenters. The largest absolute Gasteiger partial charge is 0.469 e. The van der Waals surface area contributed by atoms with Gasteiger partial charge in [-0.25, -0.2) is 4.39 Å². The first kappa shape index (κ1) is 14.6. The number of carbonyl (C=O) groups is 1. The van der Waals surface area contributed by atoms with E-state index in [4.69, 9.17) is 0 Å². The molecule has 3 nitrogen and oxygen atoms in total. The van der Waals surface area contributed by atoms with Crippen molar-refractivity contribution in [3.8, 4) is 0 Å². The van der Waals surface area contributed by atoms with Crippen LogP contribution in [0.25, 0.3) is 0 Å². The van der Waals surface area contributed by atoms with E-state index in [0.717, 1.165) is 6.42 Å². The van der Waals surface area contributed by atoms with Gasteiger partial charge >= 0.3 is 5.97 Å². The molecule has 0 aromatic heterocycles. The van der Waals surface area contributed by atoms with Crippen molar-refractivity contribution in [2.24, 2.45) is 0 Å². The summed E-state index contributed by atoms with van der Waals surface area (Å²) in [6, 6.07) is 6.76. The predicted octanol–water partition coefficient (Wildman–Crippen LogP) is 2.82. The van der Waals surface area contributed by atoms with Crippen LogP contribution >= 0.6 is 0 Å². The van der Waals surface area contributed by atoms with Gasteiger partial charge in [0, 0.05) is 18.0 Å². The number of methoxy groups -OCH3 is 1. The summed E-state index contributed by atoms with van der Waals surface area (Å²) in [6.45, 7) is 2.67.